The lowest BCUT2D eigenvalue weighted by molar-refractivity contribution is 0.273. The third-order valence-electron chi connectivity index (χ3n) is 4.35. The number of pyridine rings is 1. The Labute approximate surface area is 170 Å². The van der Waals surface area contributed by atoms with Crippen molar-refractivity contribution in [3.63, 3.8) is 0 Å². The number of nitrogen functional groups attached to an aromatic ring is 1. The van der Waals surface area contributed by atoms with Gasteiger partial charge in [0.2, 0.25) is 5.88 Å². The summed E-state index contributed by atoms with van der Waals surface area (Å²) >= 11 is 0. The first-order chi connectivity index (χ1) is 14.1. The summed E-state index contributed by atoms with van der Waals surface area (Å²) in [6.07, 6.45) is 7.11. The number of nitrogens with zero attached hydrogens (tertiary/aromatic N) is 6. The van der Waals surface area contributed by atoms with Crippen molar-refractivity contribution in [2.45, 2.75) is 32.6 Å². The highest BCUT2D eigenvalue weighted by Crippen LogP contribution is 2.18. The number of imidazole rings is 1. The third kappa shape index (κ3) is 5.77. The third-order valence-corrected chi connectivity index (χ3v) is 4.35. The van der Waals surface area contributed by atoms with Crippen molar-refractivity contribution < 1.29 is 9.47 Å². The van der Waals surface area contributed by atoms with Gasteiger partial charge in [-0.05, 0) is 32.5 Å². The van der Waals surface area contributed by atoms with Crippen molar-refractivity contribution in [3.8, 4) is 11.9 Å². The molecule has 0 fully saturated rings. The summed E-state index contributed by atoms with van der Waals surface area (Å²) in [4.78, 5) is 15.0. The van der Waals surface area contributed by atoms with E-state index in [4.69, 9.17) is 15.2 Å². The van der Waals surface area contributed by atoms with Crippen LogP contribution in [0.4, 0.5) is 5.82 Å². The average molecular weight is 399 g/mol. The molecule has 3 aromatic heterocycles. The molecule has 2 N–H and O–H groups in total. The zero-order chi connectivity index (χ0) is 20.6. The Kier molecular flexibility index (Phi) is 7.18. The number of hydrogen-bond acceptors (Lipinski definition) is 8. The topological polar surface area (TPSA) is 104 Å². The molecule has 156 valence electrons. The molecule has 3 aromatic rings. The smallest absolute Gasteiger partial charge is 0.336 e. The summed E-state index contributed by atoms with van der Waals surface area (Å²) in [5.74, 6) is 0.932. The van der Waals surface area contributed by atoms with Crippen LogP contribution in [-0.4, -0.2) is 63.3 Å². The van der Waals surface area contributed by atoms with Crippen molar-refractivity contribution in [1.82, 2.24) is 29.5 Å². The van der Waals surface area contributed by atoms with Crippen LogP contribution in [0.1, 0.15) is 37.4 Å². The summed E-state index contributed by atoms with van der Waals surface area (Å²) in [5, 5.41) is 4.44. The molecule has 0 aliphatic rings. The van der Waals surface area contributed by atoms with Crippen molar-refractivity contribution in [2.24, 2.45) is 0 Å². The second-order valence-electron chi connectivity index (χ2n) is 7.15. The molecule has 9 heteroatoms. The van der Waals surface area contributed by atoms with Gasteiger partial charge >= 0.3 is 6.01 Å². The van der Waals surface area contributed by atoms with Crippen LogP contribution in [0.5, 0.6) is 11.9 Å². The quantitative estimate of drug-likeness (QED) is 0.490. The highest BCUT2D eigenvalue weighted by Gasteiger charge is 2.12. The Morgan fingerprint density at radius 2 is 1.90 bits per heavy atom. The van der Waals surface area contributed by atoms with Crippen LogP contribution in [0.15, 0.2) is 24.5 Å². The van der Waals surface area contributed by atoms with Gasteiger partial charge in [-0.25, -0.2) is 14.5 Å². The first-order valence-corrected chi connectivity index (χ1v) is 9.92. The van der Waals surface area contributed by atoms with Crippen molar-refractivity contribution in [2.75, 3.05) is 39.6 Å². The zero-order valence-corrected chi connectivity index (χ0v) is 17.3. The van der Waals surface area contributed by atoms with Gasteiger partial charge in [-0.15, -0.1) is 5.10 Å². The minimum absolute atomic E-state index is 0.266. The van der Waals surface area contributed by atoms with E-state index in [-0.39, 0.29) is 6.01 Å². The lowest BCUT2D eigenvalue weighted by Crippen LogP contribution is -2.15. The lowest BCUT2D eigenvalue weighted by atomic mass is 10.2. The molecule has 0 aromatic carbocycles. The fourth-order valence-corrected chi connectivity index (χ4v) is 2.79. The highest BCUT2D eigenvalue weighted by atomic mass is 16.5. The number of unbranched alkanes of at least 4 members (excludes halogenated alkanes) is 1. The van der Waals surface area contributed by atoms with E-state index in [9.17, 15) is 0 Å². The second-order valence-corrected chi connectivity index (χ2v) is 7.15. The Balaban J connectivity index is 1.66. The van der Waals surface area contributed by atoms with Gasteiger partial charge in [0.05, 0.1) is 25.1 Å². The van der Waals surface area contributed by atoms with Crippen molar-refractivity contribution >= 4 is 11.5 Å². The van der Waals surface area contributed by atoms with E-state index in [2.05, 4.69) is 31.9 Å². The largest absolute Gasteiger partial charge is 0.478 e. The van der Waals surface area contributed by atoms with Gasteiger partial charge in [-0.1, -0.05) is 19.4 Å². The van der Waals surface area contributed by atoms with Crippen LogP contribution in [0.25, 0.3) is 5.65 Å². The van der Waals surface area contributed by atoms with Gasteiger partial charge in [0.1, 0.15) is 0 Å². The zero-order valence-electron chi connectivity index (χ0n) is 17.3. The van der Waals surface area contributed by atoms with Crippen molar-refractivity contribution in [3.05, 3.63) is 35.8 Å². The van der Waals surface area contributed by atoms with E-state index in [0.717, 1.165) is 37.1 Å². The normalized spacial score (nSPS) is 11.3. The van der Waals surface area contributed by atoms with E-state index in [1.807, 2.05) is 32.4 Å². The Bertz CT molecular complexity index is 909. The van der Waals surface area contributed by atoms with E-state index >= 15 is 0 Å². The number of fused-ring (bicyclic) bond motifs is 1. The maximum Gasteiger partial charge on any atom is 0.336 e. The number of ether oxygens (including phenoxy) is 2. The van der Waals surface area contributed by atoms with E-state index in [1.165, 1.54) is 0 Å². The fraction of sp³-hybridized carbons (Fsp3) is 0.500. The molecule has 0 amide bonds. The molecule has 9 nitrogen and oxygen atoms in total. The van der Waals surface area contributed by atoms with Gasteiger partial charge < -0.3 is 20.1 Å². The Morgan fingerprint density at radius 3 is 2.62 bits per heavy atom. The van der Waals surface area contributed by atoms with E-state index < -0.39 is 0 Å². The molecule has 0 aliphatic carbocycles. The van der Waals surface area contributed by atoms with Crippen LogP contribution >= 0.6 is 0 Å². The molecule has 3 heterocycles. The summed E-state index contributed by atoms with van der Waals surface area (Å²) in [7, 11) is 4.10. The van der Waals surface area contributed by atoms with Crippen LogP contribution < -0.4 is 15.2 Å². The predicted molar refractivity (Wildman–Crippen MR) is 111 cm³/mol. The maximum atomic E-state index is 6.02. The predicted octanol–water partition coefficient (Wildman–Crippen LogP) is 2.20. The molecule has 0 spiro atoms. The monoisotopic (exact) mass is 399 g/mol. The molecule has 0 saturated carbocycles. The Morgan fingerprint density at radius 1 is 1.07 bits per heavy atom. The molecular formula is C20H29N7O2. The lowest BCUT2D eigenvalue weighted by Gasteiger charge is -2.10. The van der Waals surface area contributed by atoms with Gasteiger partial charge in [0.15, 0.2) is 11.5 Å². The summed E-state index contributed by atoms with van der Waals surface area (Å²) in [6, 6.07) is 4.15. The van der Waals surface area contributed by atoms with Gasteiger partial charge in [0.25, 0.3) is 0 Å². The number of anilines is 1. The van der Waals surface area contributed by atoms with Crippen LogP contribution in [0.3, 0.4) is 0 Å². The fourth-order valence-electron chi connectivity index (χ4n) is 2.79. The average Bonchev–Trinajstić information content (AvgIpc) is 3.10. The SMILES string of the molecule is CCCCOc1nc(N)c2ncc(Cc3ccc(OCCCN(C)C)nc3)n2n1. The molecule has 0 saturated heterocycles. The molecule has 29 heavy (non-hydrogen) atoms. The molecule has 0 radical (unpaired) electrons. The number of rotatable bonds is 11. The van der Waals surface area contributed by atoms with Gasteiger partial charge in [-0.2, -0.15) is 4.98 Å². The van der Waals surface area contributed by atoms with Crippen molar-refractivity contribution in [1.29, 1.82) is 0 Å². The standard InChI is InChI=1S/C20H29N7O2/c1-4-5-10-29-20-24-18(21)19-23-14-16(27(19)25-20)12-15-7-8-17(22-13-15)28-11-6-9-26(2)3/h7-8,13-14H,4-6,9-12H2,1-3H3,(H2,21,24,25). The molecule has 0 unspecified atom stereocenters. The molecule has 0 bridgehead atoms. The van der Waals surface area contributed by atoms with Gasteiger partial charge in [-0.3, -0.25) is 0 Å². The summed E-state index contributed by atoms with van der Waals surface area (Å²) in [6.45, 7) is 4.30. The van der Waals surface area contributed by atoms with Gasteiger partial charge in [0, 0.05) is 25.2 Å². The molecule has 0 aliphatic heterocycles. The molecule has 0 atom stereocenters. The van der Waals surface area contributed by atoms with Crippen LogP contribution in [-0.2, 0) is 6.42 Å². The minimum atomic E-state index is 0.266. The number of hydrogen-bond donors (Lipinski definition) is 1. The number of nitrogens with two attached hydrogens (primary N) is 1. The first-order valence-electron chi connectivity index (χ1n) is 9.92. The molecular weight excluding hydrogens is 370 g/mol. The summed E-state index contributed by atoms with van der Waals surface area (Å²) < 4.78 is 13.0. The summed E-state index contributed by atoms with van der Waals surface area (Å²) in [5.41, 5.74) is 8.45. The number of aromatic nitrogens is 5. The molecule has 3 rings (SSSR count). The van der Waals surface area contributed by atoms with E-state index in [1.54, 1.807) is 10.7 Å². The minimum Gasteiger partial charge on any atom is -0.478 e. The first kappa shape index (κ1) is 20.8. The highest BCUT2D eigenvalue weighted by molar-refractivity contribution is 5.59. The van der Waals surface area contributed by atoms with Crippen LogP contribution in [0, 0.1) is 0 Å². The Hall–Kier alpha value is -2.94. The van der Waals surface area contributed by atoms with Crippen LogP contribution in [0.2, 0.25) is 0 Å². The van der Waals surface area contributed by atoms with E-state index in [0.29, 0.717) is 37.0 Å². The second kappa shape index (κ2) is 10.0. The maximum absolute atomic E-state index is 6.02.